The maximum Gasteiger partial charge on any atom is 0.147 e. The summed E-state index contributed by atoms with van der Waals surface area (Å²) in [5.74, 6) is 0. The predicted molar refractivity (Wildman–Crippen MR) is 63.9 cm³/mol. The third-order valence-corrected chi connectivity index (χ3v) is 3.83. The lowest BCUT2D eigenvalue weighted by molar-refractivity contribution is 0.691. The third kappa shape index (κ3) is 1.85. The Morgan fingerprint density at radius 2 is 2.00 bits per heavy atom. The van der Waals surface area contributed by atoms with Crippen molar-refractivity contribution >= 4 is 47.4 Å². The molecule has 0 fully saturated rings. The molecule has 2 aromatic rings. The predicted octanol–water partition coefficient (Wildman–Crippen LogP) is 3.86. The summed E-state index contributed by atoms with van der Waals surface area (Å²) in [6.07, 6.45) is 0. The Labute approximate surface area is 97.2 Å². The summed E-state index contributed by atoms with van der Waals surface area (Å²) in [4.78, 5) is 0.636. The lowest BCUT2D eigenvalue weighted by atomic mass is 10.1. The van der Waals surface area contributed by atoms with Gasteiger partial charge in [-0.15, -0.1) is 0 Å². The molecule has 14 heavy (non-hydrogen) atoms. The fourth-order valence-electron chi connectivity index (χ4n) is 1.32. The van der Waals surface area contributed by atoms with Gasteiger partial charge in [0.1, 0.15) is 10.0 Å². The number of benzene rings is 2. The standard InChI is InChI=1S/C10H6BrClOS/c11-10-3-1-2-7-6-8(14(12)13)4-5-9(7)10/h1-6H. The van der Waals surface area contributed by atoms with E-state index in [0.29, 0.717) is 4.90 Å². The lowest BCUT2D eigenvalue weighted by Gasteiger charge is -2.01. The Balaban J connectivity index is 2.73. The first-order chi connectivity index (χ1) is 6.68. The SMILES string of the molecule is O=S(Cl)c1ccc2c(Br)cccc2c1. The van der Waals surface area contributed by atoms with E-state index in [2.05, 4.69) is 15.9 Å². The van der Waals surface area contributed by atoms with Gasteiger partial charge in [-0.2, -0.15) is 0 Å². The molecule has 0 saturated carbocycles. The van der Waals surface area contributed by atoms with Gasteiger partial charge in [0.2, 0.25) is 0 Å². The molecule has 2 aromatic carbocycles. The van der Waals surface area contributed by atoms with Crippen LogP contribution < -0.4 is 0 Å². The highest BCUT2D eigenvalue weighted by Crippen LogP contribution is 2.25. The second-order valence-electron chi connectivity index (χ2n) is 2.85. The molecule has 0 heterocycles. The summed E-state index contributed by atoms with van der Waals surface area (Å²) in [5.41, 5.74) is 0. The maximum absolute atomic E-state index is 11.0. The summed E-state index contributed by atoms with van der Waals surface area (Å²) in [6.45, 7) is 0. The first-order valence-corrected chi connectivity index (χ1v) is 6.72. The molecule has 0 N–H and O–H groups in total. The molecule has 0 saturated heterocycles. The molecule has 0 radical (unpaired) electrons. The Hall–Kier alpha value is -0.380. The van der Waals surface area contributed by atoms with Crippen molar-refractivity contribution in [3.05, 3.63) is 40.9 Å². The Morgan fingerprint density at radius 1 is 1.21 bits per heavy atom. The van der Waals surface area contributed by atoms with Crippen LogP contribution in [-0.2, 0) is 10.0 Å². The molecule has 0 amide bonds. The van der Waals surface area contributed by atoms with Gasteiger partial charge in [0, 0.05) is 4.47 Å². The Morgan fingerprint density at radius 3 is 2.71 bits per heavy atom. The monoisotopic (exact) mass is 288 g/mol. The van der Waals surface area contributed by atoms with Crippen LogP contribution in [0.1, 0.15) is 0 Å². The van der Waals surface area contributed by atoms with Crippen molar-refractivity contribution in [1.29, 1.82) is 0 Å². The molecule has 4 heteroatoms. The van der Waals surface area contributed by atoms with E-state index in [1.165, 1.54) is 0 Å². The first-order valence-electron chi connectivity index (χ1n) is 3.95. The van der Waals surface area contributed by atoms with Crippen molar-refractivity contribution in [1.82, 2.24) is 0 Å². The van der Waals surface area contributed by atoms with E-state index in [1.54, 1.807) is 6.07 Å². The molecule has 1 nitrogen and oxygen atoms in total. The fourth-order valence-corrected chi connectivity index (χ4v) is 2.52. The molecular formula is C10H6BrClOS. The number of halogens is 2. The average Bonchev–Trinajstić information content (AvgIpc) is 2.17. The highest BCUT2D eigenvalue weighted by Gasteiger charge is 2.02. The van der Waals surface area contributed by atoms with E-state index in [-0.39, 0.29) is 0 Å². The van der Waals surface area contributed by atoms with Crippen LogP contribution in [0.4, 0.5) is 0 Å². The zero-order valence-electron chi connectivity index (χ0n) is 7.04. The zero-order valence-corrected chi connectivity index (χ0v) is 10.2. The molecule has 0 bridgehead atoms. The van der Waals surface area contributed by atoms with Crippen LogP contribution in [0.2, 0.25) is 0 Å². The highest BCUT2D eigenvalue weighted by atomic mass is 79.9. The number of fused-ring (bicyclic) bond motifs is 1. The molecule has 0 aromatic heterocycles. The van der Waals surface area contributed by atoms with Gasteiger partial charge in [0.25, 0.3) is 0 Å². The summed E-state index contributed by atoms with van der Waals surface area (Å²) in [7, 11) is 4.07. The van der Waals surface area contributed by atoms with Crippen molar-refractivity contribution in [2.45, 2.75) is 4.90 Å². The van der Waals surface area contributed by atoms with Crippen molar-refractivity contribution in [3.63, 3.8) is 0 Å². The van der Waals surface area contributed by atoms with E-state index in [0.717, 1.165) is 15.2 Å². The second kappa shape index (κ2) is 4.01. The van der Waals surface area contributed by atoms with Gasteiger partial charge in [-0.25, -0.2) is 4.21 Å². The van der Waals surface area contributed by atoms with Gasteiger partial charge in [0.15, 0.2) is 0 Å². The minimum atomic E-state index is -1.43. The molecule has 0 aliphatic carbocycles. The van der Waals surface area contributed by atoms with Gasteiger partial charge in [-0.05, 0) is 39.7 Å². The van der Waals surface area contributed by atoms with Gasteiger partial charge < -0.3 is 0 Å². The van der Waals surface area contributed by atoms with E-state index in [4.69, 9.17) is 10.7 Å². The van der Waals surface area contributed by atoms with Crippen molar-refractivity contribution in [2.24, 2.45) is 0 Å². The van der Waals surface area contributed by atoms with Crippen LogP contribution in [0.25, 0.3) is 10.8 Å². The van der Waals surface area contributed by atoms with Crippen molar-refractivity contribution < 1.29 is 4.21 Å². The van der Waals surface area contributed by atoms with Crippen LogP contribution in [0, 0.1) is 0 Å². The first kappa shape index (κ1) is 10.1. The minimum Gasteiger partial charge on any atom is -0.237 e. The summed E-state index contributed by atoms with van der Waals surface area (Å²) in [6, 6.07) is 11.4. The maximum atomic E-state index is 11.0. The minimum absolute atomic E-state index is 0.636. The van der Waals surface area contributed by atoms with Crippen molar-refractivity contribution in [2.75, 3.05) is 0 Å². The normalized spacial score (nSPS) is 13.0. The average molecular weight is 290 g/mol. The number of hydrogen-bond acceptors (Lipinski definition) is 1. The van der Waals surface area contributed by atoms with Gasteiger partial charge in [0.05, 0.1) is 4.90 Å². The Kier molecular flexibility index (Phi) is 2.91. The largest absolute Gasteiger partial charge is 0.237 e. The number of rotatable bonds is 1. The fraction of sp³-hybridized carbons (Fsp3) is 0. The number of hydrogen-bond donors (Lipinski definition) is 0. The third-order valence-electron chi connectivity index (χ3n) is 1.98. The van der Waals surface area contributed by atoms with Gasteiger partial charge >= 0.3 is 0 Å². The highest BCUT2D eigenvalue weighted by molar-refractivity contribution is 9.10. The quantitative estimate of drug-likeness (QED) is 0.729. The molecule has 2 rings (SSSR count). The molecule has 72 valence electrons. The van der Waals surface area contributed by atoms with E-state index in [9.17, 15) is 4.21 Å². The molecule has 1 atom stereocenters. The van der Waals surface area contributed by atoms with Crippen molar-refractivity contribution in [3.8, 4) is 0 Å². The molecular weight excluding hydrogens is 284 g/mol. The molecule has 1 unspecified atom stereocenters. The van der Waals surface area contributed by atoms with Crippen LogP contribution in [0.5, 0.6) is 0 Å². The Bertz CT molecular complexity index is 512. The van der Waals surface area contributed by atoms with Gasteiger partial charge in [-0.3, -0.25) is 0 Å². The van der Waals surface area contributed by atoms with Gasteiger partial charge in [-0.1, -0.05) is 34.1 Å². The topological polar surface area (TPSA) is 17.1 Å². The van der Waals surface area contributed by atoms with E-state index >= 15 is 0 Å². The lowest BCUT2D eigenvalue weighted by Crippen LogP contribution is -1.82. The van der Waals surface area contributed by atoms with Crippen LogP contribution in [-0.4, -0.2) is 4.21 Å². The van der Waals surface area contributed by atoms with E-state index < -0.39 is 10.0 Å². The molecule has 0 aliphatic heterocycles. The van der Waals surface area contributed by atoms with Crippen LogP contribution >= 0.6 is 26.6 Å². The summed E-state index contributed by atoms with van der Waals surface area (Å²) >= 11 is 3.45. The second-order valence-corrected chi connectivity index (χ2v) is 5.46. The van der Waals surface area contributed by atoms with Crippen LogP contribution in [0.3, 0.4) is 0 Å². The summed E-state index contributed by atoms with van der Waals surface area (Å²) < 4.78 is 12.1. The van der Waals surface area contributed by atoms with Crippen LogP contribution in [0.15, 0.2) is 45.8 Å². The molecule has 0 spiro atoms. The molecule has 0 aliphatic rings. The smallest absolute Gasteiger partial charge is 0.147 e. The zero-order chi connectivity index (χ0) is 10.1. The van der Waals surface area contributed by atoms with E-state index in [1.807, 2.05) is 30.3 Å². The summed E-state index contributed by atoms with van der Waals surface area (Å²) in [5, 5.41) is 2.13.